The Morgan fingerprint density at radius 1 is 1.53 bits per heavy atom. The Morgan fingerprint density at radius 3 is 2.74 bits per heavy atom. The molecule has 1 atom stereocenters. The van der Waals surface area contributed by atoms with Gasteiger partial charge in [0.25, 0.3) is 5.91 Å². The molecule has 1 unspecified atom stereocenters. The average Bonchev–Trinajstić information content (AvgIpc) is 2.76. The fourth-order valence-electron chi connectivity index (χ4n) is 1.81. The van der Waals surface area contributed by atoms with Gasteiger partial charge >= 0.3 is 0 Å². The molecular weight excluding hydrogens is 242 g/mol. The van der Waals surface area contributed by atoms with E-state index in [-0.39, 0.29) is 11.9 Å². The Kier molecular flexibility index (Phi) is 5.98. The van der Waals surface area contributed by atoms with Gasteiger partial charge in [0.1, 0.15) is 5.69 Å². The van der Waals surface area contributed by atoms with Gasteiger partial charge in [0, 0.05) is 31.9 Å². The minimum Gasteiger partial charge on any atom is -0.346 e. The van der Waals surface area contributed by atoms with Crippen molar-refractivity contribution >= 4 is 5.91 Å². The van der Waals surface area contributed by atoms with Crippen LogP contribution in [0.1, 0.15) is 24.3 Å². The summed E-state index contributed by atoms with van der Waals surface area (Å²) in [7, 11) is 4.00. The zero-order valence-electron chi connectivity index (χ0n) is 12.3. The Hall–Kier alpha value is -1.40. The van der Waals surface area contributed by atoms with Crippen molar-refractivity contribution < 1.29 is 4.79 Å². The Bertz CT molecular complexity index is 399. The van der Waals surface area contributed by atoms with Gasteiger partial charge in [-0.05, 0) is 20.0 Å². The van der Waals surface area contributed by atoms with Gasteiger partial charge in [0.2, 0.25) is 0 Å². The van der Waals surface area contributed by atoms with Gasteiger partial charge in [0.05, 0.1) is 6.33 Å². The smallest absolute Gasteiger partial charge is 0.271 e. The summed E-state index contributed by atoms with van der Waals surface area (Å²) in [6.07, 6.45) is 3.37. The van der Waals surface area contributed by atoms with Crippen molar-refractivity contribution in [3.8, 4) is 0 Å². The second kappa shape index (κ2) is 7.25. The van der Waals surface area contributed by atoms with E-state index in [2.05, 4.69) is 29.0 Å². The number of carbonyl (C=O) groups excluding carboxylic acids is 1. The van der Waals surface area contributed by atoms with E-state index in [1.54, 1.807) is 12.5 Å². The van der Waals surface area contributed by atoms with Crippen LogP contribution in [0.4, 0.5) is 0 Å². The first-order valence-electron chi connectivity index (χ1n) is 6.61. The average molecular weight is 267 g/mol. The molecule has 6 heteroatoms. The second-order valence-electron chi connectivity index (χ2n) is 5.37. The van der Waals surface area contributed by atoms with E-state index in [4.69, 9.17) is 5.73 Å². The standard InChI is InChI=1S/C13H25N5O/c1-10(2)11(7-17(3)4)16-13(19)12-8-18(6-5-14)9-15-12/h8-11H,5-7,14H2,1-4H3,(H,16,19). The van der Waals surface area contributed by atoms with E-state index >= 15 is 0 Å². The molecule has 6 nitrogen and oxygen atoms in total. The minimum absolute atomic E-state index is 0.113. The highest BCUT2D eigenvalue weighted by molar-refractivity contribution is 5.92. The quantitative estimate of drug-likeness (QED) is 0.738. The van der Waals surface area contributed by atoms with Crippen LogP contribution in [0.2, 0.25) is 0 Å². The molecule has 1 rings (SSSR count). The van der Waals surface area contributed by atoms with Gasteiger partial charge in [-0.15, -0.1) is 0 Å². The summed E-state index contributed by atoms with van der Waals surface area (Å²) in [6, 6.07) is 0.113. The van der Waals surface area contributed by atoms with E-state index in [0.29, 0.717) is 24.7 Å². The molecule has 19 heavy (non-hydrogen) atoms. The van der Waals surface area contributed by atoms with Crippen LogP contribution in [0, 0.1) is 5.92 Å². The molecule has 0 spiro atoms. The number of likely N-dealkylation sites (N-methyl/N-ethyl adjacent to an activating group) is 1. The van der Waals surface area contributed by atoms with Crippen LogP contribution in [0.25, 0.3) is 0 Å². The van der Waals surface area contributed by atoms with Crippen molar-refractivity contribution in [2.45, 2.75) is 26.4 Å². The summed E-state index contributed by atoms with van der Waals surface area (Å²) in [4.78, 5) is 18.3. The lowest BCUT2D eigenvalue weighted by Gasteiger charge is -2.25. The molecule has 3 N–H and O–H groups in total. The molecule has 0 aromatic carbocycles. The van der Waals surface area contributed by atoms with Crippen LogP contribution in [-0.2, 0) is 6.54 Å². The molecule has 1 aromatic heterocycles. The molecule has 0 aliphatic heterocycles. The highest BCUT2D eigenvalue weighted by atomic mass is 16.2. The molecule has 0 saturated carbocycles. The number of rotatable bonds is 7. The summed E-state index contributed by atoms with van der Waals surface area (Å²) >= 11 is 0. The van der Waals surface area contributed by atoms with E-state index in [9.17, 15) is 4.79 Å². The van der Waals surface area contributed by atoms with Gasteiger partial charge in [-0.1, -0.05) is 13.8 Å². The number of nitrogens with zero attached hydrogens (tertiary/aromatic N) is 3. The lowest BCUT2D eigenvalue weighted by Crippen LogP contribution is -2.45. The number of hydrogen-bond donors (Lipinski definition) is 2. The molecule has 1 amide bonds. The third kappa shape index (κ3) is 5.00. The summed E-state index contributed by atoms with van der Waals surface area (Å²) in [5, 5.41) is 3.03. The van der Waals surface area contributed by atoms with Gasteiger partial charge in [-0.2, -0.15) is 0 Å². The van der Waals surface area contributed by atoms with Crippen LogP contribution in [0.15, 0.2) is 12.5 Å². The predicted molar refractivity (Wildman–Crippen MR) is 75.9 cm³/mol. The van der Waals surface area contributed by atoms with E-state index in [1.165, 1.54) is 0 Å². The van der Waals surface area contributed by atoms with Crippen molar-refractivity contribution in [3.63, 3.8) is 0 Å². The fourth-order valence-corrected chi connectivity index (χ4v) is 1.81. The first kappa shape index (κ1) is 15.7. The highest BCUT2D eigenvalue weighted by Gasteiger charge is 2.19. The fraction of sp³-hybridized carbons (Fsp3) is 0.692. The van der Waals surface area contributed by atoms with Gasteiger partial charge in [-0.3, -0.25) is 4.79 Å². The van der Waals surface area contributed by atoms with Crippen LogP contribution >= 0.6 is 0 Å². The van der Waals surface area contributed by atoms with Crippen molar-refractivity contribution in [1.82, 2.24) is 19.8 Å². The molecule has 0 aliphatic rings. The predicted octanol–water partition coefficient (Wildman–Crippen LogP) is 0.158. The summed E-state index contributed by atoms with van der Waals surface area (Å²) in [6.45, 7) is 6.22. The second-order valence-corrected chi connectivity index (χ2v) is 5.37. The minimum atomic E-state index is -0.128. The van der Waals surface area contributed by atoms with Crippen molar-refractivity contribution in [2.24, 2.45) is 11.7 Å². The molecule has 0 saturated heterocycles. The normalized spacial score (nSPS) is 13.0. The summed E-state index contributed by atoms with van der Waals surface area (Å²) < 4.78 is 1.82. The number of amides is 1. The number of hydrogen-bond acceptors (Lipinski definition) is 4. The topological polar surface area (TPSA) is 76.2 Å². The lowest BCUT2D eigenvalue weighted by molar-refractivity contribution is 0.0912. The maximum atomic E-state index is 12.1. The number of nitrogens with one attached hydrogen (secondary N) is 1. The molecule has 0 fully saturated rings. The Labute approximate surface area is 115 Å². The van der Waals surface area contributed by atoms with E-state index < -0.39 is 0 Å². The zero-order chi connectivity index (χ0) is 14.4. The maximum absolute atomic E-state index is 12.1. The van der Waals surface area contributed by atoms with E-state index in [0.717, 1.165) is 6.54 Å². The number of carbonyl (C=O) groups is 1. The van der Waals surface area contributed by atoms with Crippen LogP contribution < -0.4 is 11.1 Å². The SMILES string of the molecule is CC(C)C(CN(C)C)NC(=O)c1cn(CCN)cn1. The lowest BCUT2D eigenvalue weighted by atomic mass is 10.0. The molecule has 0 radical (unpaired) electrons. The van der Waals surface area contributed by atoms with Crippen molar-refractivity contribution in [1.29, 1.82) is 0 Å². The molecule has 0 bridgehead atoms. The zero-order valence-corrected chi connectivity index (χ0v) is 12.3. The van der Waals surface area contributed by atoms with E-state index in [1.807, 2.05) is 18.7 Å². The third-order valence-electron chi connectivity index (χ3n) is 2.94. The third-order valence-corrected chi connectivity index (χ3v) is 2.94. The number of nitrogens with two attached hydrogens (primary N) is 1. The first-order valence-corrected chi connectivity index (χ1v) is 6.61. The maximum Gasteiger partial charge on any atom is 0.271 e. The highest BCUT2D eigenvalue weighted by Crippen LogP contribution is 2.05. The van der Waals surface area contributed by atoms with Crippen molar-refractivity contribution in [2.75, 3.05) is 27.2 Å². The molecular formula is C13H25N5O. The molecule has 0 aliphatic carbocycles. The Morgan fingerprint density at radius 2 is 2.21 bits per heavy atom. The van der Waals surface area contributed by atoms with Crippen LogP contribution in [0.5, 0.6) is 0 Å². The Balaban J connectivity index is 2.64. The summed E-state index contributed by atoms with van der Waals surface area (Å²) in [5.41, 5.74) is 5.91. The first-order chi connectivity index (χ1) is 8.93. The molecule has 1 aromatic rings. The van der Waals surface area contributed by atoms with Crippen LogP contribution in [0.3, 0.4) is 0 Å². The van der Waals surface area contributed by atoms with Gasteiger partial charge < -0.3 is 20.5 Å². The van der Waals surface area contributed by atoms with Crippen molar-refractivity contribution in [3.05, 3.63) is 18.2 Å². The molecule has 108 valence electrons. The molecule has 1 heterocycles. The summed E-state index contributed by atoms with van der Waals surface area (Å²) in [5.74, 6) is 0.244. The van der Waals surface area contributed by atoms with Crippen LogP contribution in [-0.4, -0.2) is 53.6 Å². The van der Waals surface area contributed by atoms with Gasteiger partial charge in [-0.25, -0.2) is 4.98 Å². The largest absolute Gasteiger partial charge is 0.346 e. The van der Waals surface area contributed by atoms with Gasteiger partial charge in [0.15, 0.2) is 0 Å². The number of imidazole rings is 1. The number of aromatic nitrogens is 2. The monoisotopic (exact) mass is 267 g/mol.